The molecule has 0 fully saturated rings. The van der Waals surface area contributed by atoms with Crippen molar-refractivity contribution in [1.82, 2.24) is 0 Å². The number of benzene rings is 2. The number of nitro groups is 1. The van der Waals surface area contributed by atoms with E-state index in [0.717, 1.165) is 0 Å². The van der Waals surface area contributed by atoms with Gasteiger partial charge < -0.3 is 4.74 Å². The second kappa shape index (κ2) is 6.16. The summed E-state index contributed by atoms with van der Waals surface area (Å²) < 4.78 is 5.22. The zero-order valence-electron chi connectivity index (χ0n) is 10.3. The van der Waals surface area contributed by atoms with Gasteiger partial charge in [0.15, 0.2) is 12.4 Å². The Morgan fingerprint density at radius 1 is 1.15 bits per heavy atom. The second-order valence-electron chi connectivity index (χ2n) is 3.92. The minimum Gasteiger partial charge on any atom is -0.478 e. The lowest BCUT2D eigenvalue weighted by atomic mass is 10.1. The maximum absolute atomic E-state index is 11.9. The molecule has 0 aliphatic rings. The third kappa shape index (κ3) is 3.13. The van der Waals surface area contributed by atoms with Crippen molar-refractivity contribution in [1.29, 1.82) is 0 Å². The largest absolute Gasteiger partial charge is 0.478 e. The van der Waals surface area contributed by atoms with Gasteiger partial charge in [-0.1, -0.05) is 35.9 Å². The molecule has 0 radical (unpaired) electrons. The van der Waals surface area contributed by atoms with Crippen molar-refractivity contribution >= 4 is 23.1 Å². The Kier molecular flexibility index (Phi) is 4.32. The minimum absolute atomic E-state index is 0.0536. The highest BCUT2D eigenvalue weighted by atomic mass is 35.5. The molecule has 102 valence electrons. The summed E-state index contributed by atoms with van der Waals surface area (Å²) in [5.74, 6) is -0.286. The number of hydrogen-bond acceptors (Lipinski definition) is 4. The zero-order valence-corrected chi connectivity index (χ0v) is 11.0. The summed E-state index contributed by atoms with van der Waals surface area (Å²) in [7, 11) is 0. The predicted molar refractivity (Wildman–Crippen MR) is 74.4 cm³/mol. The zero-order chi connectivity index (χ0) is 14.5. The fourth-order valence-corrected chi connectivity index (χ4v) is 1.88. The minimum atomic E-state index is -0.560. The molecule has 2 rings (SSSR count). The number of ether oxygens (including phenoxy) is 1. The number of halogens is 1. The lowest BCUT2D eigenvalue weighted by Gasteiger charge is -2.06. The quantitative estimate of drug-likeness (QED) is 0.480. The third-order valence-corrected chi connectivity index (χ3v) is 2.92. The van der Waals surface area contributed by atoms with Gasteiger partial charge in [-0.2, -0.15) is 0 Å². The van der Waals surface area contributed by atoms with Gasteiger partial charge in [0, 0.05) is 11.6 Å². The lowest BCUT2D eigenvalue weighted by molar-refractivity contribution is -0.385. The molecule has 0 amide bonds. The van der Waals surface area contributed by atoms with E-state index in [1.54, 1.807) is 30.3 Å². The van der Waals surface area contributed by atoms with Crippen molar-refractivity contribution in [2.75, 3.05) is 6.61 Å². The third-order valence-electron chi connectivity index (χ3n) is 2.59. The molecule has 0 aromatic heterocycles. The lowest BCUT2D eigenvalue weighted by Crippen LogP contribution is -2.12. The Labute approximate surface area is 119 Å². The van der Waals surface area contributed by atoms with Crippen molar-refractivity contribution in [2.45, 2.75) is 0 Å². The molecule has 0 aliphatic carbocycles. The van der Waals surface area contributed by atoms with Crippen molar-refractivity contribution in [2.24, 2.45) is 0 Å². The van der Waals surface area contributed by atoms with Crippen molar-refractivity contribution in [3.63, 3.8) is 0 Å². The summed E-state index contributed by atoms with van der Waals surface area (Å²) in [6.07, 6.45) is 0. The van der Waals surface area contributed by atoms with Crippen LogP contribution in [0.25, 0.3) is 0 Å². The Hall–Kier alpha value is -2.40. The van der Waals surface area contributed by atoms with E-state index in [2.05, 4.69) is 0 Å². The van der Waals surface area contributed by atoms with Gasteiger partial charge in [0.25, 0.3) is 0 Å². The molecule has 6 heteroatoms. The highest BCUT2D eigenvalue weighted by molar-refractivity contribution is 6.34. The number of para-hydroxylation sites is 2. The topological polar surface area (TPSA) is 69.4 Å². The van der Waals surface area contributed by atoms with Crippen LogP contribution in [-0.4, -0.2) is 17.3 Å². The van der Waals surface area contributed by atoms with Gasteiger partial charge in [-0.3, -0.25) is 14.9 Å². The van der Waals surface area contributed by atoms with Crippen LogP contribution in [0.15, 0.2) is 48.5 Å². The molecule has 0 atom stereocenters. The molecule has 0 spiro atoms. The Bertz CT molecular complexity index is 657. The van der Waals surface area contributed by atoms with Crippen LogP contribution in [0.3, 0.4) is 0 Å². The molecule has 20 heavy (non-hydrogen) atoms. The monoisotopic (exact) mass is 291 g/mol. The maximum atomic E-state index is 11.9. The molecule has 0 heterocycles. The number of ketones is 1. The molecular weight excluding hydrogens is 282 g/mol. The van der Waals surface area contributed by atoms with Gasteiger partial charge in [-0.05, 0) is 18.2 Å². The first kappa shape index (κ1) is 14.0. The van der Waals surface area contributed by atoms with E-state index in [1.165, 1.54) is 18.2 Å². The number of rotatable bonds is 5. The molecule has 0 saturated heterocycles. The number of carbonyl (C=O) groups excluding carboxylic acids is 1. The van der Waals surface area contributed by atoms with Crippen LogP contribution in [0.4, 0.5) is 5.69 Å². The normalized spacial score (nSPS) is 10.1. The van der Waals surface area contributed by atoms with Crippen molar-refractivity contribution in [3.8, 4) is 5.75 Å². The van der Waals surface area contributed by atoms with Gasteiger partial charge in [0.05, 0.1) is 9.95 Å². The molecule has 0 bridgehead atoms. The first-order chi connectivity index (χ1) is 9.59. The van der Waals surface area contributed by atoms with E-state index >= 15 is 0 Å². The molecule has 0 N–H and O–H groups in total. The molecule has 0 saturated carbocycles. The van der Waals surface area contributed by atoms with Gasteiger partial charge in [0.2, 0.25) is 5.78 Å². The van der Waals surface area contributed by atoms with Crippen LogP contribution in [-0.2, 0) is 0 Å². The summed E-state index contributed by atoms with van der Waals surface area (Å²) in [4.78, 5) is 22.2. The average molecular weight is 292 g/mol. The average Bonchev–Trinajstić information content (AvgIpc) is 2.45. The first-order valence-corrected chi connectivity index (χ1v) is 6.11. The smallest absolute Gasteiger partial charge is 0.310 e. The van der Waals surface area contributed by atoms with Crippen molar-refractivity contribution in [3.05, 3.63) is 69.2 Å². The summed E-state index contributed by atoms with van der Waals surface area (Å²) in [6, 6.07) is 12.5. The van der Waals surface area contributed by atoms with E-state index in [0.29, 0.717) is 10.6 Å². The van der Waals surface area contributed by atoms with Crippen LogP contribution in [0.2, 0.25) is 5.02 Å². The first-order valence-electron chi connectivity index (χ1n) is 5.73. The Balaban J connectivity index is 2.12. The summed E-state index contributed by atoms with van der Waals surface area (Å²) in [5, 5.41) is 11.1. The van der Waals surface area contributed by atoms with E-state index in [-0.39, 0.29) is 23.8 Å². The fraction of sp³-hybridized carbons (Fsp3) is 0.0714. The van der Waals surface area contributed by atoms with Crippen LogP contribution < -0.4 is 4.74 Å². The number of nitro benzene ring substituents is 1. The molecule has 2 aromatic rings. The molecular formula is C14H10ClNO4. The maximum Gasteiger partial charge on any atom is 0.310 e. The van der Waals surface area contributed by atoms with Gasteiger partial charge in [-0.15, -0.1) is 0 Å². The van der Waals surface area contributed by atoms with Crippen LogP contribution in [0.1, 0.15) is 10.4 Å². The molecule has 5 nitrogen and oxygen atoms in total. The Morgan fingerprint density at radius 3 is 2.50 bits per heavy atom. The summed E-state index contributed by atoms with van der Waals surface area (Å²) in [6.45, 7) is -0.311. The van der Waals surface area contributed by atoms with Gasteiger partial charge in [-0.25, -0.2) is 0 Å². The van der Waals surface area contributed by atoms with E-state index in [1.807, 2.05) is 0 Å². The van der Waals surface area contributed by atoms with Gasteiger partial charge >= 0.3 is 5.69 Å². The number of nitrogens with zero attached hydrogens (tertiary/aromatic N) is 1. The molecule has 0 unspecified atom stereocenters. The molecule has 0 aliphatic heterocycles. The standard InChI is InChI=1S/C14H10ClNO4/c15-11-6-2-1-5-10(11)13(17)9-20-14-8-4-3-7-12(14)16(18)19/h1-8H,9H2. The van der Waals surface area contributed by atoms with Crippen LogP contribution >= 0.6 is 11.6 Å². The second-order valence-corrected chi connectivity index (χ2v) is 4.32. The highest BCUT2D eigenvalue weighted by Gasteiger charge is 2.16. The number of hydrogen-bond donors (Lipinski definition) is 0. The number of Topliss-reactive ketones (excluding diaryl/α,β-unsaturated/α-hetero) is 1. The Morgan fingerprint density at radius 2 is 1.80 bits per heavy atom. The van der Waals surface area contributed by atoms with Crippen LogP contribution in [0, 0.1) is 10.1 Å². The van der Waals surface area contributed by atoms with Crippen molar-refractivity contribution < 1.29 is 14.5 Å². The van der Waals surface area contributed by atoms with Gasteiger partial charge in [0.1, 0.15) is 0 Å². The fourth-order valence-electron chi connectivity index (χ4n) is 1.64. The highest BCUT2D eigenvalue weighted by Crippen LogP contribution is 2.26. The SMILES string of the molecule is O=C(COc1ccccc1[N+](=O)[O-])c1ccccc1Cl. The molecule has 2 aromatic carbocycles. The predicted octanol–water partition coefficient (Wildman–Crippen LogP) is 3.51. The van der Waals surface area contributed by atoms with E-state index < -0.39 is 4.92 Å². The summed E-state index contributed by atoms with van der Waals surface area (Å²) in [5.41, 5.74) is 0.146. The van der Waals surface area contributed by atoms with E-state index in [9.17, 15) is 14.9 Å². The van der Waals surface area contributed by atoms with Crippen LogP contribution in [0.5, 0.6) is 5.75 Å². The number of carbonyl (C=O) groups is 1. The van der Waals surface area contributed by atoms with E-state index in [4.69, 9.17) is 16.3 Å². The summed E-state index contributed by atoms with van der Waals surface area (Å²) >= 11 is 5.90.